The van der Waals surface area contributed by atoms with Crippen molar-refractivity contribution in [1.82, 2.24) is 9.78 Å². The van der Waals surface area contributed by atoms with E-state index in [2.05, 4.69) is 12.0 Å². The minimum Gasteiger partial charge on any atom is -0.300 e. The number of rotatable bonds is 5. The zero-order valence-electron chi connectivity index (χ0n) is 8.29. The molecule has 3 heteroatoms. The van der Waals surface area contributed by atoms with E-state index in [4.69, 9.17) is 0 Å². The summed E-state index contributed by atoms with van der Waals surface area (Å²) in [6, 6.07) is 1.98. The van der Waals surface area contributed by atoms with Gasteiger partial charge < -0.3 is 4.79 Å². The molecule has 72 valence electrons. The monoisotopic (exact) mass is 180 g/mol. The van der Waals surface area contributed by atoms with E-state index in [9.17, 15) is 4.79 Å². The van der Waals surface area contributed by atoms with Crippen LogP contribution in [0.3, 0.4) is 0 Å². The molecule has 0 saturated carbocycles. The lowest BCUT2D eigenvalue weighted by atomic mass is 10.2. The SMILES string of the molecule is CCCn1nccc1CCC(C)=O. The van der Waals surface area contributed by atoms with Gasteiger partial charge in [-0.15, -0.1) is 0 Å². The van der Waals surface area contributed by atoms with Crippen LogP contribution in [0.25, 0.3) is 0 Å². The molecule has 0 aliphatic rings. The summed E-state index contributed by atoms with van der Waals surface area (Å²) in [6.45, 7) is 4.69. The number of aromatic nitrogens is 2. The average Bonchev–Trinajstić information content (AvgIpc) is 2.49. The maximum Gasteiger partial charge on any atom is 0.130 e. The first-order valence-electron chi connectivity index (χ1n) is 4.74. The first kappa shape index (κ1) is 9.96. The molecule has 0 N–H and O–H groups in total. The highest BCUT2D eigenvalue weighted by Gasteiger charge is 2.02. The van der Waals surface area contributed by atoms with Crippen LogP contribution >= 0.6 is 0 Å². The predicted molar refractivity (Wildman–Crippen MR) is 51.5 cm³/mol. The smallest absolute Gasteiger partial charge is 0.130 e. The van der Waals surface area contributed by atoms with Crippen molar-refractivity contribution in [2.75, 3.05) is 0 Å². The molecule has 13 heavy (non-hydrogen) atoms. The van der Waals surface area contributed by atoms with Gasteiger partial charge in [0.2, 0.25) is 0 Å². The van der Waals surface area contributed by atoms with Crippen molar-refractivity contribution in [3.8, 4) is 0 Å². The molecule has 0 bridgehead atoms. The minimum absolute atomic E-state index is 0.240. The van der Waals surface area contributed by atoms with Gasteiger partial charge in [0.25, 0.3) is 0 Å². The summed E-state index contributed by atoms with van der Waals surface area (Å²) < 4.78 is 1.98. The van der Waals surface area contributed by atoms with Gasteiger partial charge in [-0.05, 0) is 25.8 Å². The number of carbonyl (C=O) groups excluding carboxylic acids is 1. The van der Waals surface area contributed by atoms with E-state index in [-0.39, 0.29) is 5.78 Å². The van der Waals surface area contributed by atoms with Crippen molar-refractivity contribution in [1.29, 1.82) is 0 Å². The molecule has 3 nitrogen and oxygen atoms in total. The number of Topliss-reactive ketones (excluding diaryl/α,β-unsaturated/α-hetero) is 1. The van der Waals surface area contributed by atoms with Crippen LogP contribution in [-0.4, -0.2) is 15.6 Å². The second kappa shape index (κ2) is 4.80. The molecule has 0 aromatic carbocycles. The van der Waals surface area contributed by atoms with E-state index in [1.807, 2.05) is 10.7 Å². The van der Waals surface area contributed by atoms with E-state index in [1.165, 1.54) is 0 Å². The molecule has 1 heterocycles. The standard InChI is InChI=1S/C10H16N2O/c1-3-8-12-10(6-7-11-12)5-4-9(2)13/h6-7H,3-5,8H2,1-2H3. The van der Waals surface area contributed by atoms with Gasteiger partial charge in [-0.2, -0.15) is 5.10 Å². The van der Waals surface area contributed by atoms with Crippen LogP contribution < -0.4 is 0 Å². The Morgan fingerprint density at radius 2 is 2.38 bits per heavy atom. The summed E-state index contributed by atoms with van der Waals surface area (Å²) in [5.74, 6) is 0.240. The Morgan fingerprint density at radius 1 is 1.62 bits per heavy atom. The highest BCUT2D eigenvalue weighted by Crippen LogP contribution is 2.03. The van der Waals surface area contributed by atoms with Gasteiger partial charge in [0, 0.05) is 24.9 Å². The van der Waals surface area contributed by atoms with E-state index < -0.39 is 0 Å². The molecular weight excluding hydrogens is 164 g/mol. The van der Waals surface area contributed by atoms with Crippen LogP contribution in [0.2, 0.25) is 0 Å². The molecule has 0 saturated heterocycles. The Balaban J connectivity index is 2.54. The van der Waals surface area contributed by atoms with E-state index in [0.717, 1.165) is 25.1 Å². The molecular formula is C10H16N2O. The van der Waals surface area contributed by atoms with Crippen molar-refractivity contribution in [3.63, 3.8) is 0 Å². The Labute approximate surface area is 78.8 Å². The molecule has 0 aliphatic carbocycles. The molecule has 0 fully saturated rings. The molecule has 1 aromatic rings. The molecule has 1 rings (SSSR count). The third-order valence-electron chi connectivity index (χ3n) is 1.97. The van der Waals surface area contributed by atoms with Crippen LogP contribution in [-0.2, 0) is 17.8 Å². The van der Waals surface area contributed by atoms with Crippen molar-refractivity contribution in [2.45, 2.75) is 39.7 Å². The molecule has 0 atom stereocenters. The molecule has 0 amide bonds. The molecule has 0 spiro atoms. The number of nitrogens with zero attached hydrogens (tertiary/aromatic N) is 2. The second-order valence-corrected chi connectivity index (χ2v) is 3.25. The van der Waals surface area contributed by atoms with Gasteiger partial charge in [0.15, 0.2) is 0 Å². The zero-order chi connectivity index (χ0) is 9.68. The van der Waals surface area contributed by atoms with Crippen LogP contribution in [0.5, 0.6) is 0 Å². The molecule has 0 aliphatic heterocycles. The van der Waals surface area contributed by atoms with Crippen LogP contribution in [0.4, 0.5) is 0 Å². The number of carbonyl (C=O) groups is 1. The summed E-state index contributed by atoms with van der Waals surface area (Å²) in [4.78, 5) is 10.8. The number of aryl methyl sites for hydroxylation is 2. The van der Waals surface area contributed by atoms with Gasteiger partial charge >= 0.3 is 0 Å². The number of hydrogen-bond acceptors (Lipinski definition) is 2. The van der Waals surface area contributed by atoms with Crippen molar-refractivity contribution < 1.29 is 4.79 Å². The average molecular weight is 180 g/mol. The summed E-state index contributed by atoms with van der Waals surface area (Å²) in [7, 11) is 0. The third kappa shape index (κ3) is 3.01. The Kier molecular flexibility index (Phi) is 3.68. The lowest BCUT2D eigenvalue weighted by Crippen LogP contribution is -2.05. The Bertz CT molecular complexity index is 278. The van der Waals surface area contributed by atoms with Gasteiger partial charge in [0.05, 0.1) is 0 Å². The van der Waals surface area contributed by atoms with Gasteiger partial charge in [0.1, 0.15) is 5.78 Å². The van der Waals surface area contributed by atoms with Crippen molar-refractivity contribution >= 4 is 5.78 Å². The molecule has 0 radical (unpaired) electrons. The number of hydrogen-bond donors (Lipinski definition) is 0. The lowest BCUT2D eigenvalue weighted by Gasteiger charge is -2.04. The second-order valence-electron chi connectivity index (χ2n) is 3.25. The topological polar surface area (TPSA) is 34.9 Å². The highest BCUT2D eigenvalue weighted by atomic mass is 16.1. The highest BCUT2D eigenvalue weighted by molar-refractivity contribution is 5.75. The zero-order valence-corrected chi connectivity index (χ0v) is 8.29. The van der Waals surface area contributed by atoms with Crippen LogP contribution in [0.1, 0.15) is 32.4 Å². The van der Waals surface area contributed by atoms with Crippen molar-refractivity contribution in [2.24, 2.45) is 0 Å². The quantitative estimate of drug-likeness (QED) is 0.692. The minimum atomic E-state index is 0.240. The predicted octanol–water partition coefficient (Wildman–Crippen LogP) is 1.81. The van der Waals surface area contributed by atoms with Gasteiger partial charge in [-0.3, -0.25) is 4.68 Å². The van der Waals surface area contributed by atoms with Crippen LogP contribution in [0, 0.1) is 0 Å². The summed E-state index contributed by atoms with van der Waals surface area (Å²) in [6.07, 6.45) is 4.31. The summed E-state index contributed by atoms with van der Waals surface area (Å²) in [5, 5.41) is 4.19. The Hall–Kier alpha value is -1.12. The van der Waals surface area contributed by atoms with Gasteiger partial charge in [-0.25, -0.2) is 0 Å². The van der Waals surface area contributed by atoms with Crippen molar-refractivity contribution in [3.05, 3.63) is 18.0 Å². The normalized spacial score (nSPS) is 10.3. The van der Waals surface area contributed by atoms with Gasteiger partial charge in [-0.1, -0.05) is 6.92 Å². The number of ketones is 1. The maximum absolute atomic E-state index is 10.8. The largest absolute Gasteiger partial charge is 0.300 e. The third-order valence-corrected chi connectivity index (χ3v) is 1.97. The lowest BCUT2D eigenvalue weighted by molar-refractivity contribution is -0.117. The first-order valence-corrected chi connectivity index (χ1v) is 4.74. The summed E-state index contributed by atoms with van der Waals surface area (Å²) in [5.41, 5.74) is 1.16. The van der Waals surface area contributed by atoms with Crippen LogP contribution in [0.15, 0.2) is 12.3 Å². The van der Waals surface area contributed by atoms with E-state index in [1.54, 1.807) is 13.1 Å². The maximum atomic E-state index is 10.8. The summed E-state index contributed by atoms with van der Waals surface area (Å²) >= 11 is 0. The fourth-order valence-electron chi connectivity index (χ4n) is 1.29. The Morgan fingerprint density at radius 3 is 3.00 bits per heavy atom. The molecule has 0 unspecified atom stereocenters. The fraction of sp³-hybridized carbons (Fsp3) is 0.600. The first-order chi connectivity index (χ1) is 6.24. The molecule has 1 aromatic heterocycles. The fourth-order valence-corrected chi connectivity index (χ4v) is 1.29. The van der Waals surface area contributed by atoms with E-state index >= 15 is 0 Å². The van der Waals surface area contributed by atoms with E-state index in [0.29, 0.717) is 6.42 Å².